The number of hydrogen-bond acceptors (Lipinski definition) is 7. The third-order valence-electron chi connectivity index (χ3n) is 4.28. The Morgan fingerprint density at radius 3 is 2.72 bits per heavy atom. The minimum atomic E-state index is -2.92. The van der Waals surface area contributed by atoms with Crippen LogP contribution in [0, 0.1) is 6.92 Å². The van der Waals surface area contributed by atoms with Gasteiger partial charge in [-0.25, -0.2) is 13.4 Å². The van der Waals surface area contributed by atoms with Gasteiger partial charge in [-0.1, -0.05) is 0 Å². The Kier molecular flexibility index (Phi) is 5.17. The van der Waals surface area contributed by atoms with E-state index in [1.54, 1.807) is 12.4 Å². The fourth-order valence-corrected chi connectivity index (χ4v) is 4.54. The van der Waals surface area contributed by atoms with Crippen molar-refractivity contribution in [1.82, 2.24) is 15.0 Å². The molecule has 2 aromatic rings. The van der Waals surface area contributed by atoms with E-state index in [1.165, 1.54) is 5.56 Å². The molecule has 134 valence electrons. The fraction of sp³-hybridized carbons (Fsp3) is 0.471. The summed E-state index contributed by atoms with van der Waals surface area (Å²) in [5.41, 5.74) is 2.08. The molecule has 3 heterocycles. The average Bonchev–Trinajstić information content (AvgIpc) is 2.91. The quantitative estimate of drug-likeness (QED) is 0.833. The van der Waals surface area contributed by atoms with Crippen LogP contribution in [0.4, 0.5) is 11.8 Å². The molecule has 1 aliphatic rings. The van der Waals surface area contributed by atoms with E-state index in [0.717, 1.165) is 24.5 Å². The van der Waals surface area contributed by atoms with Crippen LogP contribution in [0.1, 0.15) is 17.7 Å². The molecule has 1 aliphatic heterocycles. The monoisotopic (exact) mass is 361 g/mol. The lowest BCUT2D eigenvalue weighted by Gasteiger charge is -2.20. The standard InChI is InChI=1S/C17H23N5O2S/c1-13-11-16(22(2)9-5-14-3-7-18-8-4-14)21-17(19-13)20-15-6-10-25(23,24)12-15/h3-4,7-8,11,15H,5-6,9-10,12H2,1-2H3,(H,19,20,21). The summed E-state index contributed by atoms with van der Waals surface area (Å²) in [6.45, 7) is 2.73. The molecule has 0 spiro atoms. The molecule has 3 rings (SSSR count). The van der Waals surface area contributed by atoms with Crippen LogP contribution in [0.15, 0.2) is 30.6 Å². The predicted octanol–water partition coefficient (Wildman–Crippen LogP) is 1.46. The van der Waals surface area contributed by atoms with Gasteiger partial charge in [-0.2, -0.15) is 4.98 Å². The molecular formula is C17H23N5O2S. The van der Waals surface area contributed by atoms with E-state index >= 15 is 0 Å². The van der Waals surface area contributed by atoms with Gasteiger partial charge in [0.1, 0.15) is 5.82 Å². The maximum atomic E-state index is 11.6. The number of nitrogens with one attached hydrogen (secondary N) is 1. The summed E-state index contributed by atoms with van der Waals surface area (Å²) in [6.07, 6.45) is 5.09. The van der Waals surface area contributed by atoms with E-state index in [0.29, 0.717) is 12.4 Å². The van der Waals surface area contributed by atoms with Crippen LogP contribution in [-0.2, 0) is 16.3 Å². The molecule has 0 saturated carbocycles. The molecule has 0 radical (unpaired) electrons. The van der Waals surface area contributed by atoms with Crippen molar-refractivity contribution < 1.29 is 8.42 Å². The first-order chi connectivity index (χ1) is 11.9. The minimum Gasteiger partial charge on any atom is -0.359 e. The molecule has 0 bridgehead atoms. The van der Waals surface area contributed by atoms with Crippen LogP contribution in [0.5, 0.6) is 0 Å². The molecule has 0 amide bonds. The van der Waals surface area contributed by atoms with Crippen LogP contribution >= 0.6 is 0 Å². The van der Waals surface area contributed by atoms with Crippen molar-refractivity contribution in [2.45, 2.75) is 25.8 Å². The molecule has 2 aromatic heterocycles. The van der Waals surface area contributed by atoms with E-state index < -0.39 is 9.84 Å². The van der Waals surface area contributed by atoms with Crippen molar-refractivity contribution in [3.05, 3.63) is 41.9 Å². The number of aryl methyl sites for hydroxylation is 1. The zero-order valence-electron chi connectivity index (χ0n) is 14.5. The highest BCUT2D eigenvalue weighted by molar-refractivity contribution is 7.91. The first-order valence-electron chi connectivity index (χ1n) is 8.34. The number of anilines is 2. The van der Waals surface area contributed by atoms with E-state index in [2.05, 4.69) is 25.2 Å². The van der Waals surface area contributed by atoms with Gasteiger partial charge in [-0.15, -0.1) is 0 Å². The van der Waals surface area contributed by atoms with Crippen LogP contribution in [-0.4, -0.2) is 54.5 Å². The Morgan fingerprint density at radius 1 is 1.28 bits per heavy atom. The van der Waals surface area contributed by atoms with Crippen molar-refractivity contribution in [3.8, 4) is 0 Å². The Morgan fingerprint density at radius 2 is 2.04 bits per heavy atom. The van der Waals surface area contributed by atoms with Crippen LogP contribution < -0.4 is 10.2 Å². The summed E-state index contributed by atoms with van der Waals surface area (Å²) in [5, 5.41) is 3.17. The van der Waals surface area contributed by atoms with Crippen molar-refractivity contribution in [2.75, 3.05) is 35.3 Å². The number of likely N-dealkylation sites (N-methyl/N-ethyl adjacent to an activating group) is 1. The Hall–Kier alpha value is -2.22. The molecule has 1 fully saturated rings. The topological polar surface area (TPSA) is 88.1 Å². The van der Waals surface area contributed by atoms with E-state index in [9.17, 15) is 8.42 Å². The van der Waals surface area contributed by atoms with E-state index in [1.807, 2.05) is 32.2 Å². The summed E-state index contributed by atoms with van der Waals surface area (Å²) in [4.78, 5) is 15.0. The number of nitrogens with zero attached hydrogens (tertiary/aromatic N) is 4. The van der Waals surface area contributed by atoms with Crippen molar-refractivity contribution in [2.24, 2.45) is 0 Å². The zero-order chi connectivity index (χ0) is 17.9. The summed E-state index contributed by atoms with van der Waals surface area (Å²) in [7, 11) is -0.932. The Balaban J connectivity index is 1.66. The van der Waals surface area contributed by atoms with Gasteiger partial charge in [0, 0.05) is 43.8 Å². The smallest absolute Gasteiger partial charge is 0.225 e. The Labute approximate surface area is 148 Å². The van der Waals surface area contributed by atoms with Gasteiger partial charge in [0.15, 0.2) is 9.84 Å². The molecule has 7 nitrogen and oxygen atoms in total. The molecule has 8 heteroatoms. The average molecular weight is 361 g/mol. The molecular weight excluding hydrogens is 338 g/mol. The van der Waals surface area contributed by atoms with Crippen LogP contribution in [0.3, 0.4) is 0 Å². The van der Waals surface area contributed by atoms with E-state index in [4.69, 9.17) is 0 Å². The zero-order valence-corrected chi connectivity index (χ0v) is 15.3. The van der Waals surface area contributed by atoms with Crippen LogP contribution in [0.25, 0.3) is 0 Å². The van der Waals surface area contributed by atoms with Gasteiger partial charge < -0.3 is 10.2 Å². The molecule has 0 aliphatic carbocycles. The fourth-order valence-electron chi connectivity index (χ4n) is 2.86. The molecule has 1 saturated heterocycles. The molecule has 1 N–H and O–H groups in total. The Bertz CT molecular complexity index is 826. The summed E-state index contributed by atoms with van der Waals surface area (Å²) >= 11 is 0. The van der Waals surface area contributed by atoms with Crippen molar-refractivity contribution >= 4 is 21.6 Å². The van der Waals surface area contributed by atoms with Crippen molar-refractivity contribution in [3.63, 3.8) is 0 Å². The van der Waals surface area contributed by atoms with Crippen molar-refractivity contribution in [1.29, 1.82) is 0 Å². The summed E-state index contributed by atoms with van der Waals surface area (Å²) in [6, 6.07) is 5.84. The van der Waals surface area contributed by atoms with Gasteiger partial charge in [-0.3, -0.25) is 4.98 Å². The normalized spacial score (nSPS) is 18.9. The predicted molar refractivity (Wildman–Crippen MR) is 98.7 cm³/mol. The minimum absolute atomic E-state index is 0.109. The second kappa shape index (κ2) is 7.35. The number of rotatable bonds is 6. The second-order valence-corrected chi connectivity index (χ2v) is 8.69. The number of hydrogen-bond donors (Lipinski definition) is 1. The third kappa shape index (κ3) is 4.88. The third-order valence-corrected chi connectivity index (χ3v) is 6.05. The van der Waals surface area contributed by atoms with E-state index in [-0.39, 0.29) is 17.5 Å². The highest BCUT2D eigenvalue weighted by atomic mass is 32.2. The second-order valence-electron chi connectivity index (χ2n) is 6.46. The lowest BCUT2D eigenvalue weighted by molar-refractivity contribution is 0.602. The summed E-state index contributed by atoms with van der Waals surface area (Å²) < 4.78 is 23.2. The highest BCUT2D eigenvalue weighted by Gasteiger charge is 2.28. The van der Waals surface area contributed by atoms with Crippen LogP contribution in [0.2, 0.25) is 0 Å². The highest BCUT2D eigenvalue weighted by Crippen LogP contribution is 2.18. The lowest BCUT2D eigenvalue weighted by atomic mass is 10.2. The number of pyridine rings is 1. The van der Waals surface area contributed by atoms with Gasteiger partial charge in [0.05, 0.1) is 11.5 Å². The van der Waals surface area contributed by atoms with Gasteiger partial charge in [0.25, 0.3) is 0 Å². The largest absolute Gasteiger partial charge is 0.359 e. The van der Waals surface area contributed by atoms with Gasteiger partial charge >= 0.3 is 0 Å². The maximum Gasteiger partial charge on any atom is 0.225 e. The SMILES string of the molecule is Cc1cc(N(C)CCc2ccncc2)nc(NC2CCS(=O)(=O)C2)n1. The van der Waals surface area contributed by atoms with Gasteiger partial charge in [-0.05, 0) is 37.5 Å². The first-order valence-corrected chi connectivity index (χ1v) is 10.2. The molecule has 25 heavy (non-hydrogen) atoms. The summed E-state index contributed by atoms with van der Waals surface area (Å²) in [5.74, 6) is 1.70. The number of aromatic nitrogens is 3. The molecule has 0 aromatic carbocycles. The molecule has 1 unspecified atom stereocenters. The maximum absolute atomic E-state index is 11.6. The number of sulfone groups is 1. The molecule has 1 atom stereocenters. The lowest BCUT2D eigenvalue weighted by Crippen LogP contribution is -2.25. The van der Waals surface area contributed by atoms with Gasteiger partial charge in [0.2, 0.25) is 5.95 Å². The first kappa shape index (κ1) is 17.6.